The summed E-state index contributed by atoms with van der Waals surface area (Å²) in [5.41, 5.74) is 7.21. The second-order valence-corrected chi connectivity index (χ2v) is 4.09. The van der Waals surface area contributed by atoms with Crippen molar-refractivity contribution >= 4 is 18.3 Å². The molecular formula is C10H17ClN4O. The van der Waals surface area contributed by atoms with Gasteiger partial charge < -0.3 is 10.6 Å². The van der Waals surface area contributed by atoms with Gasteiger partial charge in [-0.2, -0.15) is 5.10 Å². The Balaban J connectivity index is 0.00000128. The number of nitrogens with one attached hydrogen (secondary N) is 1. The van der Waals surface area contributed by atoms with Crippen LogP contribution in [-0.4, -0.2) is 40.1 Å². The van der Waals surface area contributed by atoms with Crippen LogP contribution >= 0.6 is 12.4 Å². The summed E-state index contributed by atoms with van der Waals surface area (Å²) < 4.78 is 0. The standard InChI is InChI=1S/C10H16N4O.ClH/c1-7-5-9(13-12-7)10(15)14-4-2-3-8(11)6-14;/h5,8H,2-4,6,11H2,1H3,(H,12,13);1H. The van der Waals surface area contributed by atoms with Crippen LogP contribution in [0.25, 0.3) is 0 Å². The van der Waals surface area contributed by atoms with Gasteiger partial charge in [-0.1, -0.05) is 0 Å². The quantitative estimate of drug-likeness (QED) is 0.764. The first-order chi connectivity index (χ1) is 7.16. The predicted molar refractivity (Wildman–Crippen MR) is 63.7 cm³/mol. The van der Waals surface area contributed by atoms with Crippen molar-refractivity contribution in [3.05, 3.63) is 17.5 Å². The molecule has 2 heterocycles. The fourth-order valence-corrected chi connectivity index (χ4v) is 1.88. The Morgan fingerprint density at radius 1 is 1.69 bits per heavy atom. The van der Waals surface area contributed by atoms with Crippen molar-refractivity contribution in [2.45, 2.75) is 25.8 Å². The van der Waals surface area contributed by atoms with E-state index in [2.05, 4.69) is 10.2 Å². The highest BCUT2D eigenvalue weighted by atomic mass is 35.5. The lowest BCUT2D eigenvalue weighted by Crippen LogP contribution is -2.45. The minimum absolute atomic E-state index is 0. The van der Waals surface area contributed by atoms with E-state index in [1.807, 2.05) is 6.92 Å². The lowest BCUT2D eigenvalue weighted by atomic mass is 10.1. The molecule has 90 valence electrons. The van der Waals surface area contributed by atoms with Crippen LogP contribution in [0.15, 0.2) is 6.07 Å². The van der Waals surface area contributed by atoms with Crippen molar-refractivity contribution in [3.63, 3.8) is 0 Å². The van der Waals surface area contributed by atoms with E-state index in [1.54, 1.807) is 11.0 Å². The van der Waals surface area contributed by atoms with E-state index in [0.717, 1.165) is 25.1 Å². The SMILES string of the molecule is Cc1cc(C(=O)N2CCCC(N)C2)n[nH]1.Cl. The molecule has 0 saturated carbocycles. The molecule has 1 aromatic heterocycles. The summed E-state index contributed by atoms with van der Waals surface area (Å²) in [6.45, 7) is 3.31. The Labute approximate surface area is 101 Å². The van der Waals surface area contributed by atoms with Gasteiger partial charge in [0.25, 0.3) is 5.91 Å². The normalized spacial score (nSPS) is 20.4. The first-order valence-electron chi connectivity index (χ1n) is 5.23. The molecule has 3 N–H and O–H groups in total. The van der Waals surface area contributed by atoms with Crippen molar-refractivity contribution in [3.8, 4) is 0 Å². The number of rotatable bonds is 1. The van der Waals surface area contributed by atoms with Crippen LogP contribution in [-0.2, 0) is 0 Å². The van der Waals surface area contributed by atoms with Crippen molar-refractivity contribution in [2.75, 3.05) is 13.1 Å². The van der Waals surface area contributed by atoms with Gasteiger partial charge in [-0.25, -0.2) is 0 Å². The smallest absolute Gasteiger partial charge is 0.274 e. The topological polar surface area (TPSA) is 75.0 Å². The molecule has 1 saturated heterocycles. The molecule has 0 spiro atoms. The summed E-state index contributed by atoms with van der Waals surface area (Å²) in [5, 5.41) is 6.73. The van der Waals surface area contributed by atoms with Crippen LogP contribution in [0, 0.1) is 6.92 Å². The molecule has 0 radical (unpaired) electrons. The van der Waals surface area contributed by atoms with Crippen LogP contribution in [0.2, 0.25) is 0 Å². The van der Waals surface area contributed by atoms with E-state index in [4.69, 9.17) is 5.73 Å². The summed E-state index contributed by atoms with van der Waals surface area (Å²) in [6, 6.07) is 1.88. The zero-order valence-corrected chi connectivity index (χ0v) is 10.1. The van der Waals surface area contributed by atoms with Crippen LogP contribution in [0.1, 0.15) is 29.0 Å². The zero-order chi connectivity index (χ0) is 10.8. The number of amides is 1. The monoisotopic (exact) mass is 244 g/mol. The third-order valence-corrected chi connectivity index (χ3v) is 2.67. The van der Waals surface area contributed by atoms with Crippen molar-refractivity contribution in [1.29, 1.82) is 0 Å². The van der Waals surface area contributed by atoms with Crippen LogP contribution in [0.3, 0.4) is 0 Å². The Morgan fingerprint density at radius 2 is 2.44 bits per heavy atom. The van der Waals surface area contributed by atoms with Crippen molar-refractivity contribution in [1.82, 2.24) is 15.1 Å². The number of aryl methyl sites for hydroxylation is 1. The van der Waals surface area contributed by atoms with E-state index in [0.29, 0.717) is 12.2 Å². The number of carbonyl (C=O) groups excluding carboxylic acids is 1. The molecule has 0 aromatic carbocycles. The molecule has 0 bridgehead atoms. The van der Waals surface area contributed by atoms with Gasteiger partial charge >= 0.3 is 0 Å². The molecule has 1 atom stereocenters. The molecule has 1 aliphatic heterocycles. The number of halogens is 1. The number of nitrogens with two attached hydrogens (primary N) is 1. The summed E-state index contributed by atoms with van der Waals surface area (Å²) in [6.07, 6.45) is 1.99. The van der Waals surface area contributed by atoms with Gasteiger partial charge in [0, 0.05) is 24.8 Å². The number of likely N-dealkylation sites (tertiary alicyclic amines) is 1. The Bertz CT molecular complexity index is 365. The first-order valence-corrected chi connectivity index (χ1v) is 5.23. The van der Waals surface area contributed by atoms with E-state index >= 15 is 0 Å². The predicted octanol–water partition coefficient (Wildman–Crippen LogP) is 0.703. The number of aromatic amines is 1. The number of piperidine rings is 1. The molecule has 16 heavy (non-hydrogen) atoms. The Hall–Kier alpha value is -1.07. The lowest BCUT2D eigenvalue weighted by molar-refractivity contribution is 0.0703. The summed E-state index contributed by atoms with van der Waals surface area (Å²) in [4.78, 5) is 13.7. The van der Waals surface area contributed by atoms with Gasteiger partial charge in [0.2, 0.25) is 0 Å². The highest BCUT2D eigenvalue weighted by Gasteiger charge is 2.23. The fourth-order valence-electron chi connectivity index (χ4n) is 1.88. The maximum atomic E-state index is 11.9. The summed E-state index contributed by atoms with van der Waals surface area (Å²) in [7, 11) is 0. The molecule has 5 nitrogen and oxygen atoms in total. The Morgan fingerprint density at radius 3 is 3.00 bits per heavy atom. The van der Waals surface area contributed by atoms with Gasteiger partial charge in [0.05, 0.1) is 0 Å². The summed E-state index contributed by atoms with van der Waals surface area (Å²) >= 11 is 0. The van der Waals surface area contributed by atoms with E-state index in [-0.39, 0.29) is 24.4 Å². The minimum Gasteiger partial charge on any atom is -0.336 e. The Kier molecular flexibility index (Phi) is 4.32. The van der Waals surface area contributed by atoms with Crippen LogP contribution in [0.4, 0.5) is 0 Å². The zero-order valence-electron chi connectivity index (χ0n) is 9.27. The average Bonchev–Trinajstić information content (AvgIpc) is 2.64. The van der Waals surface area contributed by atoms with Gasteiger partial charge in [0.1, 0.15) is 5.69 Å². The maximum absolute atomic E-state index is 11.9. The number of H-pyrrole nitrogens is 1. The molecule has 0 aliphatic carbocycles. The molecule has 1 unspecified atom stereocenters. The van der Waals surface area contributed by atoms with Gasteiger partial charge in [-0.15, -0.1) is 12.4 Å². The number of carbonyl (C=O) groups is 1. The molecular weight excluding hydrogens is 228 g/mol. The number of aromatic nitrogens is 2. The second kappa shape index (κ2) is 5.32. The van der Waals surface area contributed by atoms with E-state index in [9.17, 15) is 4.79 Å². The third-order valence-electron chi connectivity index (χ3n) is 2.67. The highest BCUT2D eigenvalue weighted by molar-refractivity contribution is 5.92. The largest absolute Gasteiger partial charge is 0.336 e. The maximum Gasteiger partial charge on any atom is 0.274 e. The molecule has 6 heteroatoms. The van der Waals surface area contributed by atoms with Crippen LogP contribution in [0.5, 0.6) is 0 Å². The first kappa shape index (κ1) is 13.0. The molecule has 2 rings (SSSR count). The van der Waals surface area contributed by atoms with Crippen LogP contribution < -0.4 is 5.73 Å². The molecule has 1 aliphatic rings. The second-order valence-electron chi connectivity index (χ2n) is 4.09. The van der Waals surface area contributed by atoms with Gasteiger partial charge in [-0.05, 0) is 25.8 Å². The molecule has 1 fully saturated rings. The summed E-state index contributed by atoms with van der Waals surface area (Å²) in [5.74, 6) is -0.0190. The minimum atomic E-state index is -0.0190. The fraction of sp³-hybridized carbons (Fsp3) is 0.600. The number of hydrogen-bond donors (Lipinski definition) is 2. The highest BCUT2D eigenvalue weighted by Crippen LogP contribution is 2.11. The van der Waals surface area contributed by atoms with Crippen molar-refractivity contribution in [2.24, 2.45) is 5.73 Å². The van der Waals surface area contributed by atoms with E-state index in [1.165, 1.54) is 0 Å². The molecule has 1 amide bonds. The lowest BCUT2D eigenvalue weighted by Gasteiger charge is -2.30. The molecule has 1 aromatic rings. The van der Waals surface area contributed by atoms with E-state index < -0.39 is 0 Å². The van der Waals surface area contributed by atoms with Gasteiger partial charge in [0.15, 0.2) is 0 Å². The average molecular weight is 245 g/mol. The number of hydrogen-bond acceptors (Lipinski definition) is 3. The van der Waals surface area contributed by atoms with Crippen molar-refractivity contribution < 1.29 is 4.79 Å². The third kappa shape index (κ3) is 2.74. The van der Waals surface area contributed by atoms with Gasteiger partial charge in [-0.3, -0.25) is 9.89 Å². The number of nitrogens with zero attached hydrogens (tertiary/aromatic N) is 2.